The molecule has 3 unspecified atom stereocenters. The van der Waals surface area contributed by atoms with Crippen LogP contribution in [0.15, 0.2) is 70.7 Å². The number of Topliss-reactive ketones (excluding diaryl/α,β-unsaturated/α-hetero) is 1. The number of carbonyl (C=O) groups is 3. The Morgan fingerprint density at radius 1 is 1.21 bits per heavy atom. The second-order valence-electron chi connectivity index (χ2n) is 10.3. The van der Waals surface area contributed by atoms with Crippen LogP contribution in [0.4, 0.5) is 0 Å². The fraction of sp³-hybridized carbons (Fsp3) is 0.310. The van der Waals surface area contributed by atoms with E-state index in [-0.39, 0.29) is 36.8 Å². The summed E-state index contributed by atoms with van der Waals surface area (Å²) in [5.41, 5.74) is 1.01. The number of sulfonamides is 1. The summed E-state index contributed by atoms with van der Waals surface area (Å²) < 4.78 is 38.8. The fourth-order valence-electron chi connectivity index (χ4n) is 5.68. The molecule has 2 aliphatic heterocycles. The molecule has 2 saturated heterocycles. The minimum atomic E-state index is -3.84. The third-order valence-corrected chi connectivity index (χ3v) is 10.3. The van der Waals surface area contributed by atoms with Gasteiger partial charge >= 0.3 is 0 Å². The number of ketones is 1. The lowest BCUT2D eigenvalue weighted by Gasteiger charge is -2.28. The van der Waals surface area contributed by atoms with E-state index in [2.05, 4.69) is 10.3 Å². The van der Waals surface area contributed by atoms with E-state index >= 15 is 0 Å². The van der Waals surface area contributed by atoms with Crippen LogP contribution in [0.2, 0.25) is 0 Å². The highest BCUT2D eigenvalue weighted by Crippen LogP contribution is 2.33. The smallest absolute Gasteiger partial charge is 0.287 e. The molecule has 5 heterocycles. The van der Waals surface area contributed by atoms with E-state index in [1.807, 2.05) is 17.5 Å². The van der Waals surface area contributed by atoms with Crippen molar-refractivity contribution in [1.29, 1.82) is 0 Å². The molecule has 2 fully saturated rings. The first-order valence-electron chi connectivity index (χ1n) is 13.4. The molecule has 3 aromatic heterocycles. The van der Waals surface area contributed by atoms with Gasteiger partial charge in [-0.3, -0.25) is 19.4 Å². The second-order valence-corrected chi connectivity index (χ2v) is 13.2. The molecule has 0 radical (unpaired) electrons. The lowest BCUT2D eigenvalue weighted by molar-refractivity contribution is -0.138. The number of rotatable bonds is 9. The van der Waals surface area contributed by atoms with Crippen LogP contribution in [0.5, 0.6) is 5.75 Å². The summed E-state index contributed by atoms with van der Waals surface area (Å²) in [6, 6.07) is 11.2. The zero-order valence-corrected chi connectivity index (χ0v) is 24.3. The van der Waals surface area contributed by atoms with E-state index in [4.69, 9.17) is 9.15 Å². The van der Waals surface area contributed by atoms with Gasteiger partial charge in [0.1, 0.15) is 23.4 Å². The summed E-state index contributed by atoms with van der Waals surface area (Å²) in [7, 11) is -2.29. The van der Waals surface area contributed by atoms with E-state index in [9.17, 15) is 22.8 Å². The Morgan fingerprint density at radius 3 is 2.81 bits per heavy atom. The highest BCUT2D eigenvalue weighted by Gasteiger charge is 2.54. The van der Waals surface area contributed by atoms with Crippen LogP contribution < -0.4 is 10.1 Å². The molecule has 2 amide bonds. The molecule has 1 aromatic carbocycles. The quantitative estimate of drug-likeness (QED) is 0.306. The number of methoxy groups -OCH3 is 1. The number of fused-ring (bicyclic) bond motifs is 2. The first-order valence-corrected chi connectivity index (χ1v) is 15.8. The molecule has 13 heteroatoms. The predicted octanol–water partition coefficient (Wildman–Crippen LogP) is 2.62. The van der Waals surface area contributed by atoms with Crippen LogP contribution in [0, 0.1) is 0 Å². The van der Waals surface area contributed by atoms with Gasteiger partial charge in [-0.25, -0.2) is 8.42 Å². The van der Waals surface area contributed by atoms with Gasteiger partial charge in [-0.05, 0) is 53.8 Å². The first-order chi connectivity index (χ1) is 20.2. The SMILES string of the molecule is COc1ccc2oc(C(=O)NC(Cc3cccs3)C(=O)N3CCC4C3C(=O)CN4S(=O)(=O)Cc3cccnc3)cc2c1. The summed E-state index contributed by atoms with van der Waals surface area (Å²) in [5, 5.41) is 5.36. The van der Waals surface area contributed by atoms with E-state index in [1.54, 1.807) is 49.7 Å². The number of likely N-dealkylation sites (tertiary alicyclic amines) is 1. The van der Waals surface area contributed by atoms with Crippen LogP contribution in [-0.4, -0.2) is 78.5 Å². The van der Waals surface area contributed by atoms with Gasteiger partial charge in [-0.1, -0.05) is 12.1 Å². The predicted molar refractivity (Wildman–Crippen MR) is 155 cm³/mol. The van der Waals surface area contributed by atoms with Crippen molar-refractivity contribution in [1.82, 2.24) is 19.5 Å². The van der Waals surface area contributed by atoms with Crippen LogP contribution >= 0.6 is 11.3 Å². The molecule has 0 spiro atoms. The Morgan fingerprint density at radius 2 is 2.07 bits per heavy atom. The van der Waals surface area contributed by atoms with Gasteiger partial charge in [-0.2, -0.15) is 4.31 Å². The Hall–Kier alpha value is -4.07. The maximum atomic E-state index is 14.0. The molecule has 0 aliphatic carbocycles. The first kappa shape index (κ1) is 28.1. The topological polar surface area (TPSA) is 139 Å². The van der Waals surface area contributed by atoms with Crippen LogP contribution in [0.3, 0.4) is 0 Å². The molecular formula is C29H28N4O7S2. The number of hydrogen-bond acceptors (Lipinski definition) is 9. The highest BCUT2D eigenvalue weighted by atomic mass is 32.2. The number of carbonyl (C=O) groups excluding carboxylic acids is 3. The Kier molecular flexibility index (Phi) is 7.56. The number of pyridine rings is 1. The van der Waals surface area contributed by atoms with Crippen molar-refractivity contribution in [3.8, 4) is 5.75 Å². The van der Waals surface area contributed by atoms with E-state index in [0.717, 1.165) is 4.88 Å². The Bertz CT molecular complexity index is 1740. The third-order valence-electron chi connectivity index (χ3n) is 7.63. The number of furan rings is 1. The summed E-state index contributed by atoms with van der Waals surface area (Å²) in [5.74, 6) is -0.997. The normalized spacial score (nSPS) is 19.6. The lowest BCUT2D eigenvalue weighted by Crippen LogP contribution is -2.53. The van der Waals surface area contributed by atoms with Gasteiger partial charge in [0.05, 0.1) is 25.4 Å². The monoisotopic (exact) mass is 608 g/mol. The summed E-state index contributed by atoms with van der Waals surface area (Å²) in [6.45, 7) is -0.105. The number of ether oxygens (including phenoxy) is 1. The molecule has 1 N–H and O–H groups in total. The van der Waals surface area contributed by atoms with E-state index in [1.165, 1.54) is 26.7 Å². The van der Waals surface area contributed by atoms with Crippen molar-refractivity contribution in [2.24, 2.45) is 0 Å². The van der Waals surface area contributed by atoms with Crippen molar-refractivity contribution in [2.45, 2.75) is 36.7 Å². The third kappa shape index (κ3) is 5.42. The average Bonchev–Trinajstić information content (AvgIpc) is 3.78. The maximum absolute atomic E-state index is 14.0. The molecule has 4 aromatic rings. The molecular weight excluding hydrogens is 580 g/mol. The molecule has 3 atom stereocenters. The molecule has 0 saturated carbocycles. The fourth-order valence-corrected chi connectivity index (χ4v) is 8.15. The van der Waals surface area contributed by atoms with Gasteiger partial charge in [0.25, 0.3) is 5.91 Å². The maximum Gasteiger partial charge on any atom is 0.287 e. The largest absolute Gasteiger partial charge is 0.497 e. The number of aromatic nitrogens is 1. The van der Waals surface area contributed by atoms with Gasteiger partial charge in [0.15, 0.2) is 11.5 Å². The number of benzene rings is 1. The minimum Gasteiger partial charge on any atom is -0.497 e. The highest BCUT2D eigenvalue weighted by molar-refractivity contribution is 7.88. The second kappa shape index (κ2) is 11.3. The summed E-state index contributed by atoms with van der Waals surface area (Å²) >= 11 is 1.45. The van der Waals surface area contributed by atoms with Crippen LogP contribution in [0.25, 0.3) is 11.0 Å². The number of hydrogen-bond donors (Lipinski definition) is 1. The number of nitrogens with one attached hydrogen (secondary N) is 1. The van der Waals surface area contributed by atoms with Crippen LogP contribution in [0.1, 0.15) is 27.4 Å². The standard InChI is InChI=1S/C29H28N4O7S2/c1-39-20-6-7-25-19(12-20)13-26(40-25)28(35)31-22(14-21-5-3-11-41-21)29(36)32-10-8-23-27(32)24(34)16-33(23)42(37,38)17-18-4-2-9-30-15-18/h2-7,9,11-13,15,22-23,27H,8,10,14,16-17H2,1H3,(H,31,35). The molecule has 0 bridgehead atoms. The van der Waals surface area contributed by atoms with Crippen LogP contribution in [-0.2, 0) is 31.8 Å². The van der Waals surface area contributed by atoms with E-state index in [0.29, 0.717) is 28.7 Å². The summed E-state index contributed by atoms with van der Waals surface area (Å²) in [6.07, 6.45) is 3.57. The molecule has 2 aliphatic rings. The van der Waals surface area contributed by atoms with Gasteiger partial charge in [0.2, 0.25) is 15.9 Å². The van der Waals surface area contributed by atoms with Crippen molar-refractivity contribution in [3.63, 3.8) is 0 Å². The zero-order valence-electron chi connectivity index (χ0n) is 22.6. The van der Waals surface area contributed by atoms with Crippen molar-refractivity contribution in [3.05, 3.63) is 82.5 Å². The Labute approximate surface area is 246 Å². The average molecular weight is 609 g/mol. The van der Waals surface area contributed by atoms with Crippen molar-refractivity contribution >= 4 is 49.9 Å². The van der Waals surface area contributed by atoms with Gasteiger partial charge < -0.3 is 19.4 Å². The minimum absolute atomic E-state index is 0.0335. The number of amides is 2. The molecule has 218 valence electrons. The van der Waals surface area contributed by atoms with Crippen molar-refractivity contribution < 1.29 is 32.0 Å². The lowest BCUT2D eigenvalue weighted by atomic mass is 10.1. The Balaban J connectivity index is 1.22. The molecule has 11 nitrogen and oxygen atoms in total. The van der Waals surface area contributed by atoms with E-state index < -0.39 is 40.0 Å². The van der Waals surface area contributed by atoms with Gasteiger partial charge in [0, 0.05) is 35.6 Å². The number of nitrogens with zero attached hydrogens (tertiary/aromatic N) is 3. The van der Waals surface area contributed by atoms with Crippen molar-refractivity contribution in [2.75, 3.05) is 20.2 Å². The zero-order chi connectivity index (χ0) is 29.4. The number of thiophene rings is 1. The van der Waals surface area contributed by atoms with Gasteiger partial charge in [-0.15, -0.1) is 11.3 Å². The molecule has 6 rings (SSSR count). The molecule has 42 heavy (non-hydrogen) atoms. The summed E-state index contributed by atoms with van der Waals surface area (Å²) in [4.78, 5) is 46.8.